The van der Waals surface area contributed by atoms with Gasteiger partial charge in [-0.1, -0.05) is 28.1 Å². The standard InChI is InChI=1S/C18H16BrFN2O/c1-10-3-4-12(18(21)17(10)20)9-22-11(2)7-16(23)14-6-5-13(19)8-15(14)22/h3-8H,9,21H2,1-2H3. The average Bonchev–Trinajstić information content (AvgIpc) is 2.50. The molecule has 0 saturated carbocycles. The Morgan fingerprint density at radius 3 is 2.65 bits per heavy atom. The van der Waals surface area contributed by atoms with E-state index in [1.165, 1.54) is 0 Å². The SMILES string of the molecule is Cc1ccc(Cn2c(C)cc(=O)c3ccc(Br)cc32)c(N)c1F. The molecular weight excluding hydrogens is 359 g/mol. The number of hydrogen-bond donors (Lipinski definition) is 1. The van der Waals surface area contributed by atoms with Crippen LogP contribution in [0.4, 0.5) is 10.1 Å². The fraction of sp³-hybridized carbons (Fsp3) is 0.167. The van der Waals surface area contributed by atoms with Crippen LogP contribution in [0.5, 0.6) is 0 Å². The molecule has 1 heterocycles. The lowest BCUT2D eigenvalue weighted by molar-refractivity contribution is 0.619. The van der Waals surface area contributed by atoms with E-state index in [1.807, 2.05) is 29.7 Å². The van der Waals surface area contributed by atoms with Gasteiger partial charge in [-0.25, -0.2) is 4.39 Å². The fourth-order valence-corrected chi connectivity index (χ4v) is 3.08. The van der Waals surface area contributed by atoms with Crippen molar-refractivity contribution in [3.05, 3.63) is 73.7 Å². The van der Waals surface area contributed by atoms with Crippen LogP contribution in [-0.2, 0) is 6.54 Å². The number of nitrogen functional groups attached to an aromatic ring is 1. The van der Waals surface area contributed by atoms with Crippen LogP contribution in [0, 0.1) is 19.7 Å². The summed E-state index contributed by atoms with van der Waals surface area (Å²) in [4.78, 5) is 12.2. The highest BCUT2D eigenvalue weighted by Crippen LogP contribution is 2.24. The average molecular weight is 375 g/mol. The lowest BCUT2D eigenvalue weighted by Crippen LogP contribution is -2.14. The van der Waals surface area contributed by atoms with Crippen molar-refractivity contribution >= 4 is 32.5 Å². The lowest BCUT2D eigenvalue weighted by atomic mass is 10.1. The zero-order valence-electron chi connectivity index (χ0n) is 12.9. The van der Waals surface area contributed by atoms with Crippen LogP contribution in [0.15, 0.2) is 45.7 Å². The van der Waals surface area contributed by atoms with E-state index in [-0.39, 0.29) is 16.9 Å². The Morgan fingerprint density at radius 1 is 1.17 bits per heavy atom. The first kappa shape index (κ1) is 15.7. The maximum atomic E-state index is 14.0. The quantitative estimate of drug-likeness (QED) is 0.684. The maximum Gasteiger partial charge on any atom is 0.189 e. The number of benzene rings is 2. The Kier molecular flexibility index (Phi) is 3.98. The van der Waals surface area contributed by atoms with Gasteiger partial charge in [0, 0.05) is 28.2 Å². The summed E-state index contributed by atoms with van der Waals surface area (Å²) >= 11 is 3.44. The van der Waals surface area contributed by atoms with Gasteiger partial charge in [-0.2, -0.15) is 0 Å². The van der Waals surface area contributed by atoms with Crippen LogP contribution in [0.2, 0.25) is 0 Å². The third-order valence-electron chi connectivity index (χ3n) is 4.07. The number of aromatic nitrogens is 1. The van der Waals surface area contributed by atoms with Crippen LogP contribution >= 0.6 is 15.9 Å². The summed E-state index contributed by atoms with van der Waals surface area (Å²) in [6.45, 7) is 3.96. The zero-order chi connectivity index (χ0) is 16.7. The molecule has 118 valence electrons. The van der Waals surface area contributed by atoms with Gasteiger partial charge in [-0.3, -0.25) is 4.79 Å². The molecule has 0 saturated heterocycles. The normalized spacial score (nSPS) is 11.1. The van der Waals surface area contributed by atoms with Gasteiger partial charge in [0.05, 0.1) is 11.2 Å². The van der Waals surface area contributed by atoms with Crippen molar-refractivity contribution in [1.29, 1.82) is 0 Å². The highest BCUT2D eigenvalue weighted by atomic mass is 79.9. The van der Waals surface area contributed by atoms with E-state index >= 15 is 0 Å². The van der Waals surface area contributed by atoms with E-state index in [4.69, 9.17) is 5.73 Å². The summed E-state index contributed by atoms with van der Waals surface area (Å²) < 4.78 is 16.9. The summed E-state index contributed by atoms with van der Waals surface area (Å²) in [6.07, 6.45) is 0. The summed E-state index contributed by atoms with van der Waals surface area (Å²) in [7, 11) is 0. The molecule has 5 heteroatoms. The Hall–Kier alpha value is -2.14. The first-order chi connectivity index (χ1) is 10.9. The minimum Gasteiger partial charge on any atom is -0.396 e. The zero-order valence-corrected chi connectivity index (χ0v) is 14.4. The van der Waals surface area contributed by atoms with Crippen molar-refractivity contribution in [2.75, 3.05) is 5.73 Å². The predicted molar refractivity (Wildman–Crippen MR) is 95.3 cm³/mol. The number of nitrogens with zero attached hydrogens (tertiary/aromatic N) is 1. The number of nitrogens with two attached hydrogens (primary N) is 1. The molecule has 23 heavy (non-hydrogen) atoms. The van der Waals surface area contributed by atoms with Gasteiger partial charge in [0.25, 0.3) is 0 Å². The molecule has 3 aromatic rings. The van der Waals surface area contributed by atoms with E-state index in [2.05, 4.69) is 15.9 Å². The molecule has 3 rings (SSSR count). The van der Waals surface area contributed by atoms with Gasteiger partial charge in [-0.05, 0) is 43.2 Å². The second-order valence-electron chi connectivity index (χ2n) is 5.67. The molecule has 0 aliphatic heterocycles. The summed E-state index contributed by atoms with van der Waals surface area (Å²) in [5, 5.41) is 0.630. The number of anilines is 1. The van der Waals surface area contributed by atoms with Crippen LogP contribution in [-0.4, -0.2) is 4.57 Å². The van der Waals surface area contributed by atoms with E-state index in [9.17, 15) is 9.18 Å². The van der Waals surface area contributed by atoms with Crippen LogP contribution < -0.4 is 11.2 Å². The van der Waals surface area contributed by atoms with Crippen molar-refractivity contribution in [2.45, 2.75) is 20.4 Å². The molecule has 0 aliphatic carbocycles. The number of fused-ring (bicyclic) bond motifs is 1. The minimum absolute atomic E-state index is 0.0238. The molecule has 0 atom stereocenters. The van der Waals surface area contributed by atoms with E-state index in [0.29, 0.717) is 23.1 Å². The van der Waals surface area contributed by atoms with E-state index in [1.54, 1.807) is 25.1 Å². The second-order valence-corrected chi connectivity index (χ2v) is 6.58. The smallest absolute Gasteiger partial charge is 0.189 e. The van der Waals surface area contributed by atoms with Crippen molar-refractivity contribution in [2.24, 2.45) is 0 Å². The Morgan fingerprint density at radius 2 is 1.91 bits per heavy atom. The summed E-state index contributed by atoms with van der Waals surface area (Å²) in [6, 6.07) is 10.7. The van der Waals surface area contributed by atoms with Gasteiger partial charge in [-0.15, -0.1) is 0 Å². The number of pyridine rings is 1. The molecule has 2 N–H and O–H groups in total. The molecule has 0 fully saturated rings. The molecule has 0 aliphatic rings. The van der Waals surface area contributed by atoms with Crippen molar-refractivity contribution in [1.82, 2.24) is 4.57 Å². The van der Waals surface area contributed by atoms with Crippen LogP contribution in [0.3, 0.4) is 0 Å². The number of aryl methyl sites for hydroxylation is 2. The minimum atomic E-state index is -0.383. The monoisotopic (exact) mass is 374 g/mol. The molecule has 0 unspecified atom stereocenters. The van der Waals surface area contributed by atoms with Crippen molar-refractivity contribution in [3.8, 4) is 0 Å². The number of halogens is 2. The third-order valence-corrected chi connectivity index (χ3v) is 4.57. The topological polar surface area (TPSA) is 48.0 Å². The molecule has 0 bridgehead atoms. The molecule has 0 amide bonds. The van der Waals surface area contributed by atoms with Gasteiger partial charge >= 0.3 is 0 Å². The van der Waals surface area contributed by atoms with E-state index in [0.717, 1.165) is 15.7 Å². The van der Waals surface area contributed by atoms with Gasteiger partial charge in [0.15, 0.2) is 5.43 Å². The molecular formula is C18H16BrFN2O. The maximum absolute atomic E-state index is 14.0. The first-order valence-electron chi connectivity index (χ1n) is 7.21. The Bertz CT molecular complexity index is 979. The molecule has 0 spiro atoms. The van der Waals surface area contributed by atoms with Gasteiger partial charge in [0.2, 0.25) is 0 Å². The molecule has 0 radical (unpaired) electrons. The van der Waals surface area contributed by atoms with Gasteiger partial charge in [0.1, 0.15) is 5.82 Å². The Labute approximate surface area is 141 Å². The summed E-state index contributed by atoms with van der Waals surface area (Å²) in [5.74, 6) is -0.383. The lowest BCUT2D eigenvalue weighted by Gasteiger charge is -2.17. The Balaban J connectivity index is 2.23. The first-order valence-corrected chi connectivity index (χ1v) is 8.01. The molecule has 2 aromatic carbocycles. The fourth-order valence-electron chi connectivity index (χ4n) is 2.73. The largest absolute Gasteiger partial charge is 0.396 e. The highest BCUT2D eigenvalue weighted by molar-refractivity contribution is 9.10. The van der Waals surface area contributed by atoms with E-state index < -0.39 is 0 Å². The van der Waals surface area contributed by atoms with Crippen molar-refractivity contribution < 1.29 is 4.39 Å². The molecule has 3 nitrogen and oxygen atoms in total. The van der Waals surface area contributed by atoms with Gasteiger partial charge < -0.3 is 10.3 Å². The van der Waals surface area contributed by atoms with Crippen LogP contribution in [0.25, 0.3) is 10.9 Å². The predicted octanol–water partition coefficient (Wildman–Crippen LogP) is 4.15. The summed E-state index contributed by atoms with van der Waals surface area (Å²) in [5.41, 5.74) is 8.88. The van der Waals surface area contributed by atoms with Crippen LogP contribution in [0.1, 0.15) is 16.8 Å². The molecule has 1 aromatic heterocycles. The third kappa shape index (κ3) is 2.77. The van der Waals surface area contributed by atoms with Crippen molar-refractivity contribution in [3.63, 3.8) is 0 Å². The number of hydrogen-bond acceptors (Lipinski definition) is 2. The second kappa shape index (κ2) is 5.81. The number of rotatable bonds is 2. The highest BCUT2D eigenvalue weighted by Gasteiger charge is 2.12.